The van der Waals surface area contributed by atoms with E-state index in [2.05, 4.69) is 71.5 Å². The molecule has 0 radical (unpaired) electrons. The second-order valence-electron chi connectivity index (χ2n) is 11.1. The van der Waals surface area contributed by atoms with E-state index in [0.29, 0.717) is 11.3 Å². The van der Waals surface area contributed by atoms with Crippen LogP contribution in [0.4, 0.5) is 11.4 Å². The highest BCUT2D eigenvalue weighted by Gasteiger charge is 2.25. The number of allylic oxidation sites excluding steroid dienone is 4. The molecule has 5 aromatic rings. The first-order valence-electron chi connectivity index (χ1n) is 14.6. The molecule has 7 rings (SSSR count). The van der Waals surface area contributed by atoms with Gasteiger partial charge in [-0.05, 0) is 109 Å². The van der Waals surface area contributed by atoms with Gasteiger partial charge < -0.3 is 10.0 Å². The molecular weight excluding hydrogens is 554 g/mol. The Morgan fingerprint density at radius 3 is 2.49 bits per heavy atom. The van der Waals surface area contributed by atoms with Crippen molar-refractivity contribution in [2.45, 2.75) is 32.6 Å². The van der Waals surface area contributed by atoms with Crippen LogP contribution in [0.25, 0.3) is 27.3 Å². The summed E-state index contributed by atoms with van der Waals surface area (Å²) in [7, 11) is 0. The van der Waals surface area contributed by atoms with Crippen LogP contribution < -0.4 is 10.5 Å². The molecule has 1 aliphatic heterocycles. The Bertz CT molecular complexity index is 1960. The van der Waals surface area contributed by atoms with Crippen molar-refractivity contribution in [3.8, 4) is 16.1 Å². The SMILES string of the molecule is Cc1ccc(N2CCCc3cc(-c4ccc(C5=CC(c6c(C(=O)O)[nH]n(-c7ccccc7)c6=O)=CCC5)s4)ccc32)cc1. The molecule has 0 fully saturated rings. The second-order valence-corrected chi connectivity index (χ2v) is 12.2. The largest absolute Gasteiger partial charge is 0.477 e. The Balaban J connectivity index is 1.19. The zero-order valence-corrected chi connectivity index (χ0v) is 24.7. The lowest BCUT2D eigenvalue weighted by Crippen LogP contribution is -2.24. The van der Waals surface area contributed by atoms with Crippen LogP contribution in [-0.2, 0) is 6.42 Å². The van der Waals surface area contributed by atoms with Gasteiger partial charge in [0.25, 0.3) is 5.56 Å². The van der Waals surface area contributed by atoms with Crippen LogP contribution in [0.5, 0.6) is 0 Å². The minimum atomic E-state index is -1.16. The number of hydrogen-bond donors (Lipinski definition) is 2. The van der Waals surface area contributed by atoms with Gasteiger partial charge in [0.1, 0.15) is 0 Å². The van der Waals surface area contributed by atoms with Crippen molar-refractivity contribution in [2.75, 3.05) is 11.4 Å². The van der Waals surface area contributed by atoms with Gasteiger partial charge in [-0.15, -0.1) is 11.3 Å². The molecule has 3 aromatic carbocycles. The Kier molecular flexibility index (Phi) is 6.95. The number of nitrogens with one attached hydrogen (secondary N) is 1. The predicted molar refractivity (Wildman–Crippen MR) is 175 cm³/mol. The molecule has 0 atom stereocenters. The maximum Gasteiger partial charge on any atom is 0.354 e. The van der Waals surface area contributed by atoms with Crippen molar-refractivity contribution in [1.82, 2.24) is 9.78 Å². The average Bonchev–Trinajstić information content (AvgIpc) is 3.67. The van der Waals surface area contributed by atoms with Crippen molar-refractivity contribution in [3.63, 3.8) is 0 Å². The van der Waals surface area contributed by atoms with Crippen LogP contribution in [0, 0.1) is 6.92 Å². The number of aromatic nitrogens is 2. The minimum Gasteiger partial charge on any atom is -0.477 e. The van der Waals surface area contributed by atoms with Crippen LogP contribution >= 0.6 is 11.3 Å². The number of hydrogen-bond acceptors (Lipinski definition) is 4. The van der Waals surface area contributed by atoms with Gasteiger partial charge in [-0.3, -0.25) is 9.89 Å². The number of benzene rings is 3. The van der Waals surface area contributed by atoms with Gasteiger partial charge in [0.05, 0.1) is 11.3 Å². The lowest BCUT2D eigenvalue weighted by atomic mass is 9.94. The topological polar surface area (TPSA) is 78.3 Å². The third-order valence-electron chi connectivity index (χ3n) is 8.27. The molecule has 0 spiro atoms. The van der Waals surface area contributed by atoms with Crippen molar-refractivity contribution < 1.29 is 9.90 Å². The molecule has 1 aliphatic carbocycles. The van der Waals surface area contributed by atoms with Gasteiger partial charge in [0.15, 0.2) is 5.69 Å². The Morgan fingerprint density at radius 2 is 1.70 bits per heavy atom. The van der Waals surface area contributed by atoms with Gasteiger partial charge >= 0.3 is 5.97 Å². The molecule has 0 saturated carbocycles. The van der Waals surface area contributed by atoms with E-state index in [4.69, 9.17) is 0 Å². The first-order chi connectivity index (χ1) is 21.0. The molecule has 2 aliphatic rings. The summed E-state index contributed by atoms with van der Waals surface area (Å²) in [6.07, 6.45) is 7.69. The quantitative estimate of drug-likeness (QED) is 0.210. The zero-order valence-electron chi connectivity index (χ0n) is 23.8. The molecule has 43 heavy (non-hydrogen) atoms. The molecule has 0 bridgehead atoms. The highest BCUT2D eigenvalue weighted by Crippen LogP contribution is 2.40. The summed E-state index contributed by atoms with van der Waals surface area (Å²) in [5.41, 5.74) is 8.43. The fourth-order valence-corrected chi connectivity index (χ4v) is 7.14. The van der Waals surface area contributed by atoms with Gasteiger partial charge in [-0.2, -0.15) is 0 Å². The number of nitrogens with zero attached hydrogens (tertiary/aromatic N) is 2. The number of aryl methyl sites for hydroxylation is 2. The number of anilines is 2. The van der Waals surface area contributed by atoms with Crippen LogP contribution in [-0.4, -0.2) is 27.4 Å². The Morgan fingerprint density at radius 1 is 0.907 bits per heavy atom. The number of fused-ring (bicyclic) bond motifs is 1. The predicted octanol–water partition coefficient (Wildman–Crippen LogP) is 8.25. The van der Waals surface area contributed by atoms with Gasteiger partial charge in [0.2, 0.25) is 0 Å². The molecule has 7 heteroatoms. The van der Waals surface area contributed by atoms with Crippen molar-refractivity contribution >= 4 is 39.8 Å². The number of aromatic amines is 1. The number of rotatable bonds is 6. The van der Waals surface area contributed by atoms with Crippen LogP contribution in [0.1, 0.15) is 51.3 Å². The van der Waals surface area contributed by atoms with E-state index in [1.807, 2.05) is 30.4 Å². The molecule has 214 valence electrons. The van der Waals surface area contributed by atoms with Gasteiger partial charge in [-0.1, -0.05) is 48.0 Å². The fourth-order valence-electron chi connectivity index (χ4n) is 6.10. The normalized spacial score (nSPS) is 14.7. The van der Waals surface area contributed by atoms with E-state index < -0.39 is 5.97 Å². The number of para-hydroxylation sites is 1. The van der Waals surface area contributed by atoms with Crippen LogP contribution in [0.15, 0.2) is 102 Å². The molecule has 3 heterocycles. The van der Waals surface area contributed by atoms with Gasteiger partial charge in [0, 0.05) is 27.7 Å². The third kappa shape index (κ3) is 5.06. The molecule has 2 aromatic heterocycles. The first kappa shape index (κ1) is 27.0. The van der Waals surface area contributed by atoms with E-state index in [0.717, 1.165) is 42.7 Å². The number of carboxylic acids is 1. The summed E-state index contributed by atoms with van der Waals surface area (Å²) in [5.74, 6) is -1.16. The number of carboxylic acid groups (broad SMARTS) is 1. The minimum absolute atomic E-state index is 0.0989. The van der Waals surface area contributed by atoms with Gasteiger partial charge in [-0.25, -0.2) is 9.48 Å². The lowest BCUT2D eigenvalue weighted by molar-refractivity contribution is 0.0689. The standard InChI is InChI=1S/C36H31N3O3S/c1-23-12-15-28(16-13-23)38-20-6-9-24-21-26(14-17-30(24)38)32-19-18-31(43-32)25-7-5-8-27(22-25)33-34(36(41)42)37-39(35(33)40)29-10-3-2-4-11-29/h2-4,8,10-19,21-22,37H,5-7,9,20H2,1H3,(H,41,42). The smallest absolute Gasteiger partial charge is 0.354 e. The van der Waals surface area contributed by atoms with E-state index in [1.165, 1.54) is 37.6 Å². The molecule has 6 nitrogen and oxygen atoms in total. The van der Waals surface area contributed by atoms with Crippen LogP contribution in [0.3, 0.4) is 0 Å². The molecule has 2 N–H and O–H groups in total. The molecular formula is C36H31N3O3S. The van der Waals surface area contributed by atoms with Crippen LogP contribution in [0.2, 0.25) is 0 Å². The van der Waals surface area contributed by atoms with Crippen molar-refractivity contribution in [3.05, 3.63) is 135 Å². The third-order valence-corrected chi connectivity index (χ3v) is 9.48. The van der Waals surface area contributed by atoms with E-state index in [1.54, 1.807) is 23.5 Å². The summed E-state index contributed by atoms with van der Waals surface area (Å²) < 4.78 is 1.31. The lowest BCUT2D eigenvalue weighted by Gasteiger charge is -2.31. The molecule has 0 saturated heterocycles. The maximum atomic E-state index is 13.5. The van der Waals surface area contributed by atoms with Crippen molar-refractivity contribution in [1.29, 1.82) is 0 Å². The first-order valence-corrected chi connectivity index (χ1v) is 15.4. The summed E-state index contributed by atoms with van der Waals surface area (Å²) in [4.78, 5) is 30.4. The number of thiophene rings is 1. The monoisotopic (exact) mass is 585 g/mol. The summed E-state index contributed by atoms with van der Waals surface area (Å²) >= 11 is 1.74. The summed E-state index contributed by atoms with van der Waals surface area (Å²) in [5, 5.41) is 12.8. The Hall–Kier alpha value is -4.88. The van der Waals surface area contributed by atoms with E-state index in [-0.39, 0.29) is 16.8 Å². The number of carbonyl (C=O) groups is 1. The molecule has 0 amide bonds. The molecule has 0 unspecified atom stereocenters. The Labute approximate surface area is 253 Å². The highest BCUT2D eigenvalue weighted by atomic mass is 32.1. The van der Waals surface area contributed by atoms with E-state index in [9.17, 15) is 14.7 Å². The zero-order chi connectivity index (χ0) is 29.5. The summed E-state index contributed by atoms with van der Waals surface area (Å²) in [6.45, 7) is 3.13. The fraction of sp³-hybridized carbons (Fsp3) is 0.167. The average molecular weight is 586 g/mol. The van der Waals surface area contributed by atoms with Crippen molar-refractivity contribution in [2.24, 2.45) is 0 Å². The number of H-pyrrole nitrogens is 1. The second kappa shape index (κ2) is 11.1. The highest BCUT2D eigenvalue weighted by molar-refractivity contribution is 7.16. The van der Waals surface area contributed by atoms with E-state index >= 15 is 0 Å². The summed E-state index contributed by atoms with van der Waals surface area (Å²) in [6, 6.07) is 28.9. The number of aromatic carboxylic acids is 1. The maximum absolute atomic E-state index is 13.5.